The molecule has 0 aliphatic carbocycles. The second-order valence-electron chi connectivity index (χ2n) is 6.64. The lowest BCUT2D eigenvalue weighted by atomic mass is 9.89. The van der Waals surface area contributed by atoms with Gasteiger partial charge in [-0.1, -0.05) is 43.3 Å². The van der Waals surface area contributed by atoms with Gasteiger partial charge in [-0.3, -0.25) is 5.10 Å². The number of nitrogens with two attached hydrogens (primary N) is 1. The number of nitrogens with zero attached hydrogens (tertiary/aromatic N) is 3. The zero-order valence-corrected chi connectivity index (χ0v) is 16.3. The van der Waals surface area contributed by atoms with Gasteiger partial charge in [0.05, 0.1) is 11.7 Å². The Balaban J connectivity index is 1.88. The van der Waals surface area contributed by atoms with Crippen LogP contribution in [0.2, 0.25) is 0 Å². The van der Waals surface area contributed by atoms with Gasteiger partial charge >= 0.3 is 6.01 Å². The summed E-state index contributed by atoms with van der Waals surface area (Å²) in [6.45, 7) is 2.98. The van der Waals surface area contributed by atoms with Gasteiger partial charge in [0, 0.05) is 29.9 Å². The molecule has 0 bridgehead atoms. The first kappa shape index (κ1) is 18.8. The number of aromatic amines is 1. The van der Waals surface area contributed by atoms with Crippen LogP contribution in [0.3, 0.4) is 0 Å². The van der Waals surface area contributed by atoms with Gasteiger partial charge in [0.25, 0.3) is 0 Å². The van der Waals surface area contributed by atoms with Crippen LogP contribution < -0.4 is 10.5 Å². The van der Waals surface area contributed by atoms with Crippen LogP contribution in [0.4, 0.5) is 0 Å². The summed E-state index contributed by atoms with van der Waals surface area (Å²) in [4.78, 5) is 8.77. The minimum Gasteiger partial charge on any atom is -0.462 e. The molecule has 146 valence electrons. The molecular weight excluding hydrogens is 362 g/mol. The summed E-state index contributed by atoms with van der Waals surface area (Å²) in [7, 11) is 0. The fourth-order valence-electron chi connectivity index (χ4n) is 3.45. The first-order chi connectivity index (χ1) is 14.3. The molecule has 0 spiro atoms. The smallest absolute Gasteiger partial charge is 0.316 e. The molecule has 6 nitrogen and oxygen atoms in total. The molecule has 2 aromatic heterocycles. The van der Waals surface area contributed by atoms with E-state index in [-0.39, 0.29) is 0 Å². The summed E-state index contributed by atoms with van der Waals surface area (Å²) in [5.41, 5.74) is 12.0. The van der Waals surface area contributed by atoms with Crippen LogP contribution in [-0.4, -0.2) is 33.3 Å². The number of fused-ring (bicyclic) bond motifs is 1. The molecule has 0 fully saturated rings. The van der Waals surface area contributed by atoms with Gasteiger partial charge in [-0.2, -0.15) is 5.10 Å². The number of ether oxygens (including phenoxy) is 1. The summed E-state index contributed by atoms with van der Waals surface area (Å²) >= 11 is 0. The van der Waals surface area contributed by atoms with Gasteiger partial charge in [0.1, 0.15) is 6.61 Å². The molecule has 29 heavy (non-hydrogen) atoms. The van der Waals surface area contributed by atoms with Crippen molar-refractivity contribution in [2.24, 2.45) is 5.73 Å². The molecule has 0 aliphatic heterocycles. The fourth-order valence-corrected chi connectivity index (χ4v) is 3.45. The van der Waals surface area contributed by atoms with E-state index in [2.05, 4.69) is 69.6 Å². The molecule has 6 heteroatoms. The molecule has 0 aliphatic rings. The maximum Gasteiger partial charge on any atom is 0.316 e. The molecule has 4 rings (SSSR count). The Bertz CT molecular complexity index is 1120. The van der Waals surface area contributed by atoms with E-state index in [9.17, 15) is 0 Å². The van der Waals surface area contributed by atoms with Crippen molar-refractivity contribution in [1.29, 1.82) is 0 Å². The zero-order valence-electron chi connectivity index (χ0n) is 16.3. The number of rotatable bonds is 7. The van der Waals surface area contributed by atoms with Crippen LogP contribution in [0.5, 0.6) is 6.01 Å². The maximum absolute atomic E-state index is 5.49. The Hall–Kier alpha value is -3.51. The number of benzene rings is 2. The second-order valence-corrected chi connectivity index (χ2v) is 6.64. The van der Waals surface area contributed by atoms with Gasteiger partial charge in [0.2, 0.25) is 0 Å². The van der Waals surface area contributed by atoms with E-state index in [1.807, 2.05) is 24.7 Å². The number of aromatic nitrogens is 4. The predicted octanol–water partition coefficient (Wildman–Crippen LogP) is 4.06. The molecule has 0 amide bonds. The van der Waals surface area contributed by atoms with E-state index in [0.717, 1.165) is 34.0 Å². The van der Waals surface area contributed by atoms with Gasteiger partial charge in [-0.05, 0) is 40.8 Å². The molecule has 4 aromatic rings. The van der Waals surface area contributed by atoms with E-state index < -0.39 is 0 Å². The Morgan fingerprint density at radius 2 is 1.76 bits per heavy atom. The standard InChI is InChI=1S/C23H23N5O/c1-2-20(16-6-4-3-5-7-16)22(17-8-9-21-18(12-17)15-27-28-21)19-13-25-23(26-14-19)29-11-10-24/h3-9,12-15H,2,10-11,24H2,1H3,(H,27,28)/b22-20-. The largest absolute Gasteiger partial charge is 0.462 e. The monoisotopic (exact) mass is 385 g/mol. The maximum atomic E-state index is 5.49. The molecule has 0 saturated heterocycles. The number of hydrogen-bond acceptors (Lipinski definition) is 5. The van der Waals surface area contributed by atoms with Gasteiger partial charge in [-0.25, -0.2) is 9.97 Å². The molecule has 0 atom stereocenters. The Morgan fingerprint density at radius 1 is 0.966 bits per heavy atom. The average molecular weight is 385 g/mol. The van der Waals surface area contributed by atoms with Crippen LogP contribution in [0, 0.1) is 0 Å². The minimum absolute atomic E-state index is 0.335. The Labute approximate surface area is 169 Å². The first-order valence-corrected chi connectivity index (χ1v) is 9.67. The van der Waals surface area contributed by atoms with Crippen LogP contribution in [0.1, 0.15) is 30.0 Å². The highest BCUT2D eigenvalue weighted by Gasteiger charge is 2.15. The van der Waals surface area contributed by atoms with Crippen molar-refractivity contribution in [2.45, 2.75) is 13.3 Å². The lowest BCUT2D eigenvalue weighted by Crippen LogP contribution is -2.12. The minimum atomic E-state index is 0.335. The van der Waals surface area contributed by atoms with Crippen LogP contribution in [-0.2, 0) is 0 Å². The van der Waals surface area contributed by atoms with E-state index in [1.165, 1.54) is 11.1 Å². The van der Waals surface area contributed by atoms with Crippen molar-refractivity contribution in [2.75, 3.05) is 13.2 Å². The normalized spacial score (nSPS) is 12.1. The quantitative estimate of drug-likeness (QED) is 0.468. The topological polar surface area (TPSA) is 89.7 Å². The third kappa shape index (κ3) is 4.02. The number of allylic oxidation sites excluding steroid dienone is 1. The fraction of sp³-hybridized carbons (Fsp3) is 0.174. The van der Waals surface area contributed by atoms with Gasteiger partial charge < -0.3 is 10.5 Å². The van der Waals surface area contributed by atoms with E-state index >= 15 is 0 Å². The van der Waals surface area contributed by atoms with Gasteiger partial charge in [-0.15, -0.1) is 0 Å². The lowest BCUT2D eigenvalue weighted by Gasteiger charge is -2.16. The summed E-state index contributed by atoms with van der Waals surface area (Å²) < 4.78 is 5.44. The molecule has 0 unspecified atom stereocenters. The van der Waals surface area contributed by atoms with Crippen molar-refractivity contribution in [3.63, 3.8) is 0 Å². The van der Waals surface area contributed by atoms with Crippen LogP contribution >= 0.6 is 0 Å². The Kier molecular flexibility index (Phi) is 5.63. The SMILES string of the molecule is CC/C(=C(/c1cnc(OCCN)nc1)c1ccc2[nH]ncc2c1)c1ccccc1. The first-order valence-electron chi connectivity index (χ1n) is 9.67. The molecule has 2 heterocycles. The summed E-state index contributed by atoms with van der Waals surface area (Å²) in [6, 6.07) is 17.0. The van der Waals surface area contributed by atoms with Gasteiger partial charge in [0.15, 0.2) is 0 Å². The molecular formula is C23H23N5O. The predicted molar refractivity (Wildman–Crippen MR) is 115 cm³/mol. The van der Waals surface area contributed by atoms with Crippen LogP contribution in [0.15, 0.2) is 67.1 Å². The molecule has 3 N–H and O–H groups in total. The number of nitrogens with one attached hydrogen (secondary N) is 1. The van der Waals surface area contributed by atoms with E-state index in [0.29, 0.717) is 19.2 Å². The van der Waals surface area contributed by atoms with E-state index in [1.54, 1.807) is 0 Å². The van der Waals surface area contributed by atoms with Crippen LogP contribution in [0.25, 0.3) is 22.0 Å². The number of hydrogen-bond donors (Lipinski definition) is 2. The highest BCUT2D eigenvalue weighted by atomic mass is 16.5. The summed E-state index contributed by atoms with van der Waals surface area (Å²) in [6.07, 6.45) is 6.33. The zero-order chi connectivity index (χ0) is 20.1. The molecule has 2 aromatic carbocycles. The van der Waals surface area contributed by atoms with Crippen molar-refractivity contribution >= 4 is 22.0 Å². The highest BCUT2D eigenvalue weighted by Crippen LogP contribution is 2.35. The third-order valence-corrected chi connectivity index (χ3v) is 4.77. The van der Waals surface area contributed by atoms with E-state index in [4.69, 9.17) is 10.5 Å². The van der Waals surface area contributed by atoms with Crippen molar-refractivity contribution in [3.8, 4) is 6.01 Å². The van der Waals surface area contributed by atoms with Crippen molar-refractivity contribution in [3.05, 3.63) is 83.8 Å². The molecule has 0 radical (unpaired) electrons. The second kappa shape index (κ2) is 8.67. The summed E-state index contributed by atoms with van der Waals surface area (Å²) in [5.74, 6) is 0. The van der Waals surface area contributed by atoms with Crippen molar-refractivity contribution < 1.29 is 4.74 Å². The lowest BCUT2D eigenvalue weighted by molar-refractivity contribution is 0.302. The Morgan fingerprint density at radius 3 is 2.48 bits per heavy atom. The summed E-state index contributed by atoms with van der Waals surface area (Å²) in [5, 5.41) is 8.22. The highest BCUT2D eigenvalue weighted by molar-refractivity contribution is 6.00. The molecule has 0 saturated carbocycles. The third-order valence-electron chi connectivity index (χ3n) is 4.77. The number of H-pyrrole nitrogens is 1. The average Bonchev–Trinajstić information content (AvgIpc) is 3.25. The van der Waals surface area contributed by atoms with Crippen molar-refractivity contribution in [1.82, 2.24) is 20.2 Å².